The van der Waals surface area contributed by atoms with Crippen LogP contribution in [-0.4, -0.2) is 57.8 Å². The number of H-pyrrole nitrogens is 2. The third-order valence-corrected chi connectivity index (χ3v) is 8.47. The SMILES string of the molecule is O=C([O-])c1cc2c3nc4nc(nc5[nH]c(nc6nc(nc([nH]3)c2c(C(=O)[O-])c1C(=O)[O-])-c1ccccc1-6)c1ccccc51)-c1ccccc1-4.[Ag+].[Ag+].[Ag+]. The van der Waals surface area contributed by atoms with Gasteiger partial charge in [-0.25, -0.2) is 29.9 Å². The molecule has 0 spiro atoms. The van der Waals surface area contributed by atoms with Gasteiger partial charge < -0.3 is 39.7 Å². The van der Waals surface area contributed by atoms with Gasteiger partial charge in [-0.2, -0.15) is 0 Å². The third kappa shape index (κ3) is 5.63. The van der Waals surface area contributed by atoms with E-state index in [1.54, 1.807) is 36.4 Å². The van der Waals surface area contributed by atoms with Crippen molar-refractivity contribution >= 4 is 62.0 Å². The zero-order valence-electron chi connectivity index (χ0n) is 25.5. The minimum atomic E-state index is -2.06. The van der Waals surface area contributed by atoms with Gasteiger partial charge in [-0.1, -0.05) is 72.8 Å². The second kappa shape index (κ2) is 13.8. The Balaban J connectivity index is 0.00000155. The number of hydrogen-bond acceptors (Lipinski definition) is 12. The molecule has 8 bridgehead atoms. The molecule has 52 heavy (non-hydrogen) atoms. The maximum absolute atomic E-state index is 12.6. The van der Waals surface area contributed by atoms with E-state index in [1.165, 1.54) is 0 Å². The van der Waals surface area contributed by atoms with E-state index in [9.17, 15) is 29.7 Å². The van der Waals surface area contributed by atoms with Crippen molar-refractivity contribution in [1.29, 1.82) is 0 Å². The number of carboxylic acid groups (broad SMARTS) is 3. The van der Waals surface area contributed by atoms with Gasteiger partial charge in [0.05, 0.1) is 17.9 Å². The van der Waals surface area contributed by atoms with Crippen LogP contribution in [0.5, 0.6) is 0 Å². The summed E-state index contributed by atoms with van der Waals surface area (Å²) in [5, 5.41) is 38.2. The van der Waals surface area contributed by atoms with Gasteiger partial charge >= 0.3 is 67.1 Å². The molecule has 0 fully saturated rings. The topological polar surface area (TPSA) is 229 Å². The number of aromatic carboxylic acids is 3. The molecule has 0 atom stereocenters. The number of aromatic nitrogens is 8. The van der Waals surface area contributed by atoms with Crippen LogP contribution in [-0.2, 0) is 67.1 Å². The Labute approximate surface area is 337 Å². The van der Waals surface area contributed by atoms with Crippen molar-refractivity contribution in [2.24, 2.45) is 0 Å². The monoisotopic (exact) mass is 964 g/mol. The molecule has 4 aromatic carbocycles. The normalized spacial score (nSPS) is 11.1. The second-order valence-corrected chi connectivity index (χ2v) is 11.2. The number of carbonyl (C=O) groups is 3. The molecule has 2 aliphatic heterocycles. The van der Waals surface area contributed by atoms with Gasteiger partial charge in [0.1, 0.15) is 22.6 Å². The van der Waals surface area contributed by atoms with E-state index < -0.39 is 34.6 Å². The Morgan fingerprint density at radius 1 is 0.442 bits per heavy atom. The van der Waals surface area contributed by atoms with Crippen molar-refractivity contribution in [3.05, 3.63) is 95.6 Å². The molecule has 2 N–H and O–H groups in total. The molecule has 0 unspecified atom stereocenters. The molecule has 14 nitrogen and oxygen atoms in total. The Morgan fingerprint density at radius 2 is 0.808 bits per heavy atom. The molecule has 7 aromatic rings. The fourth-order valence-corrected chi connectivity index (χ4v) is 6.38. The summed E-state index contributed by atoms with van der Waals surface area (Å²) < 4.78 is 0. The molecule has 9 rings (SSSR count). The number of nitrogens with zero attached hydrogens (tertiary/aromatic N) is 6. The van der Waals surface area contributed by atoms with E-state index in [1.807, 2.05) is 36.4 Å². The summed E-state index contributed by atoms with van der Waals surface area (Å²) in [4.78, 5) is 71.8. The number of carbonyl (C=O) groups excluding carboxylic acids is 3. The molecule has 0 amide bonds. The standard InChI is InChI=1S/C35H18N8O6.3Ag/c44-33(45)21-13-20-22(24(35(48)49)23(21)34(46)47)32-42-30-19-12-6-5-11-18(19)28(40-30)38-26-15-8-2-1-7-14(15)25(36-26)37-27-16-9-3-4-10-17(16)29(39-27)41-31(20)43-32;;;/h1-13H,(H,44,45)(H,46,47)(H,48,49)(H2,36,37,38,39,40,41,42,43);;;/q;3*+1/p-3. The molecule has 0 saturated heterocycles. The summed E-state index contributed by atoms with van der Waals surface area (Å²) in [7, 11) is 0. The van der Waals surface area contributed by atoms with Crippen LogP contribution in [0.3, 0.4) is 0 Å². The third-order valence-electron chi connectivity index (χ3n) is 8.47. The molecule has 17 heteroatoms. The zero-order chi connectivity index (χ0) is 33.6. The van der Waals surface area contributed by atoms with Crippen LogP contribution in [0.25, 0.3) is 89.7 Å². The van der Waals surface area contributed by atoms with Crippen molar-refractivity contribution in [2.75, 3.05) is 0 Å². The smallest absolute Gasteiger partial charge is 0.545 e. The number of carboxylic acids is 3. The molecule has 264 valence electrons. The first kappa shape index (κ1) is 36.7. The van der Waals surface area contributed by atoms with Gasteiger partial charge in [0.15, 0.2) is 23.3 Å². The first-order valence-corrected chi connectivity index (χ1v) is 14.7. The summed E-state index contributed by atoms with van der Waals surface area (Å²) in [5.41, 5.74) is 0.0181. The number of hydrogen-bond donors (Lipinski definition) is 2. The quantitative estimate of drug-likeness (QED) is 0.242. The molecule has 2 aliphatic rings. The Bertz CT molecular complexity index is 2860. The van der Waals surface area contributed by atoms with Crippen molar-refractivity contribution in [3.63, 3.8) is 0 Å². The van der Waals surface area contributed by atoms with E-state index in [0.29, 0.717) is 39.4 Å². The fourth-order valence-electron chi connectivity index (χ4n) is 6.38. The molecule has 0 saturated carbocycles. The van der Waals surface area contributed by atoms with Crippen molar-refractivity contribution in [2.45, 2.75) is 0 Å². The number of nitrogens with one attached hydrogen (secondary N) is 2. The van der Waals surface area contributed by atoms with Crippen LogP contribution in [0, 0.1) is 0 Å². The summed E-state index contributed by atoms with van der Waals surface area (Å²) in [6, 6.07) is 22.8. The van der Waals surface area contributed by atoms with E-state index in [4.69, 9.17) is 24.9 Å². The Hall–Kier alpha value is -5.13. The summed E-state index contributed by atoms with van der Waals surface area (Å²) in [5.74, 6) is -5.12. The van der Waals surface area contributed by atoms with E-state index in [2.05, 4.69) is 15.0 Å². The maximum atomic E-state index is 12.6. The summed E-state index contributed by atoms with van der Waals surface area (Å²) >= 11 is 0. The number of rotatable bonds is 3. The average Bonchev–Trinajstić information content (AvgIpc) is 3.83. The molecule has 0 radical (unpaired) electrons. The molecular weight excluding hydrogens is 952 g/mol. The zero-order valence-corrected chi connectivity index (χ0v) is 30.0. The molecule has 0 aliphatic carbocycles. The predicted octanol–water partition coefficient (Wildman–Crippen LogP) is 1.95. The van der Waals surface area contributed by atoms with Gasteiger partial charge in [-0.3, -0.25) is 0 Å². The minimum Gasteiger partial charge on any atom is -0.545 e. The minimum absolute atomic E-state index is 0. The molecule has 5 heterocycles. The Kier molecular flexibility index (Phi) is 9.71. The summed E-state index contributed by atoms with van der Waals surface area (Å²) in [6.45, 7) is 0. The van der Waals surface area contributed by atoms with Crippen LogP contribution in [0.1, 0.15) is 31.1 Å². The van der Waals surface area contributed by atoms with Crippen molar-refractivity contribution < 1.29 is 96.8 Å². The van der Waals surface area contributed by atoms with Crippen LogP contribution >= 0.6 is 0 Å². The van der Waals surface area contributed by atoms with Crippen LogP contribution in [0.4, 0.5) is 0 Å². The first-order valence-electron chi connectivity index (χ1n) is 14.7. The Morgan fingerprint density at radius 3 is 1.21 bits per heavy atom. The van der Waals surface area contributed by atoms with Crippen molar-refractivity contribution in [3.8, 4) is 45.6 Å². The van der Waals surface area contributed by atoms with Crippen LogP contribution < -0.4 is 15.3 Å². The second-order valence-electron chi connectivity index (χ2n) is 11.2. The van der Waals surface area contributed by atoms with Gasteiger partial charge in [-0.05, 0) is 6.07 Å². The number of benzene rings is 4. The van der Waals surface area contributed by atoms with Gasteiger partial charge in [0.25, 0.3) is 0 Å². The predicted molar refractivity (Wildman–Crippen MR) is 169 cm³/mol. The summed E-state index contributed by atoms with van der Waals surface area (Å²) in [6.07, 6.45) is 0. The van der Waals surface area contributed by atoms with E-state index >= 15 is 0 Å². The first-order chi connectivity index (χ1) is 23.8. The average molecular weight is 967 g/mol. The molecule has 3 aromatic heterocycles. The maximum Gasteiger partial charge on any atom is 1.00 e. The number of aromatic amines is 2. The van der Waals surface area contributed by atoms with Crippen LogP contribution in [0.2, 0.25) is 0 Å². The van der Waals surface area contributed by atoms with E-state index in [-0.39, 0.29) is 107 Å². The number of fused-ring (bicyclic) bond motifs is 20. The van der Waals surface area contributed by atoms with Gasteiger partial charge in [0, 0.05) is 60.5 Å². The largest absolute Gasteiger partial charge is 1.00 e. The van der Waals surface area contributed by atoms with Gasteiger partial charge in [-0.15, -0.1) is 0 Å². The van der Waals surface area contributed by atoms with E-state index in [0.717, 1.165) is 16.8 Å². The fraction of sp³-hybridized carbons (Fsp3) is 0. The molecular formula is C35H15Ag3N8O6. The van der Waals surface area contributed by atoms with Crippen LogP contribution in [0.15, 0.2) is 78.9 Å². The van der Waals surface area contributed by atoms with Gasteiger partial charge in [0.2, 0.25) is 0 Å². The van der Waals surface area contributed by atoms with Crippen molar-refractivity contribution in [1.82, 2.24) is 39.9 Å².